The summed E-state index contributed by atoms with van der Waals surface area (Å²) in [6, 6.07) is 3.08. The highest BCUT2D eigenvalue weighted by Gasteiger charge is 2.25. The average molecular weight is 302 g/mol. The first-order valence-electron chi connectivity index (χ1n) is 7.26. The molecular formula is C17H16F2N2O. The molecule has 0 bridgehead atoms. The van der Waals surface area contributed by atoms with Gasteiger partial charge in [0.15, 0.2) is 0 Å². The highest BCUT2D eigenvalue weighted by Crippen LogP contribution is 2.36. The number of carbonyl (C=O) groups is 1. The van der Waals surface area contributed by atoms with Crippen molar-refractivity contribution < 1.29 is 13.6 Å². The number of halogens is 2. The van der Waals surface area contributed by atoms with Gasteiger partial charge in [0.25, 0.3) is 0 Å². The van der Waals surface area contributed by atoms with E-state index < -0.39 is 11.6 Å². The fraction of sp³-hybridized carbons (Fsp3) is 0.294. The number of pyridine rings is 1. The van der Waals surface area contributed by atoms with Crippen molar-refractivity contribution in [2.45, 2.75) is 26.7 Å². The molecule has 22 heavy (non-hydrogen) atoms. The Bertz CT molecular complexity index is 759. The van der Waals surface area contributed by atoms with Gasteiger partial charge in [0.05, 0.1) is 6.20 Å². The molecule has 0 saturated carbocycles. The number of hydrogen-bond acceptors (Lipinski definition) is 2. The van der Waals surface area contributed by atoms with Gasteiger partial charge in [-0.1, -0.05) is 6.92 Å². The fourth-order valence-electron chi connectivity index (χ4n) is 3.00. The fourth-order valence-corrected chi connectivity index (χ4v) is 3.00. The van der Waals surface area contributed by atoms with Crippen LogP contribution in [0.25, 0.3) is 11.1 Å². The van der Waals surface area contributed by atoms with Crippen molar-refractivity contribution in [2.75, 3.05) is 11.4 Å². The number of fused-ring (bicyclic) bond motifs is 1. The van der Waals surface area contributed by atoms with E-state index in [4.69, 9.17) is 0 Å². The van der Waals surface area contributed by atoms with Crippen LogP contribution in [0.15, 0.2) is 24.5 Å². The smallest absolute Gasteiger partial charge is 0.223 e. The first-order valence-corrected chi connectivity index (χ1v) is 7.26. The predicted octanol–water partition coefficient (Wildman–Crippen LogP) is 3.50. The second-order valence-electron chi connectivity index (χ2n) is 5.38. The highest BCUT2D eigenvalue weighted by atomic mass is 19.1. The van der Waals surface area contributed by atoms with Crippen molar-refractivity contribution in [3.63, 3.8) is 0 Å². The Labute approximate surface area is 127 Å². The largest absolute Gasteiger partial charge is 0.312 e. The Kier molecular flexibility index (Phi) is 3.64. The van der Waals surface area contributed by atoms with Crippen molar-refractivity contribution in [1.29, 1.82) is 0 Å². The zero-order valence-corrected chi connectivity index (χ0v) is 12.5. The van der Waals surface area contributed by atoms with E-state index in [-0.39, 0.29) is 5.91 Å². The summed E-state index contributed by atoms with van der Waals surface area (Å²) in [4.78, 5) is 17.0. The first kappa shape index (κ1) is 14.6. The van der Waals surface area contributed by atoms with E-state index >= 15 is 0 Å². The monoisotopic (exact) mass is 302 g/mol. The molecule has 114 valence electrons. The Balaban J connectivity index is 2.15. The van der Waals surface area contributed by atoms with Crippen LogP contribution < -0.4 is 4.90 Å². The molecule has 0 radical (unpaired) electrons. The standard InChI is InChI=1S/C17H16F2N2O/c1-3-12-14(8-20-9-16(12)19)13-6-11-4-5-21(10(2)22)17(11)7-15(13)18/h6-9H,3-5H2,1-2H3. The average Bonchev–Trinajstić information content (AvgIpc) is 2.89. The molecule has 2 aromatic rings. The lowest BCUT2D eigenvalue weighted by Crippen LogP contribution is -2.25. The minimum atomic E-state index is -0.464. The Morgan fingerprint density at radius 2 is 2.00 bits per heavy atom. The maximum Gasteiger partial charge on any atom is 0.223 e. The van der Waals surface area contributed by atoms with Gasteiger partial charge in [-0.05, 0) is 36.1 Å². The van der Waals surface area contributed by atoms with Crippen LogP contribution in [-0.4, -0.2) is 17.4 Å². The molecule has 0 unspecified atom stereocenters. The second kappa shape index (κ2) is 5.48. The van der Waals surface area contributed by atoms with E-state index in [1.165, 1.54) is 19.2 Å². The summed E-state index contributed by atoms with van der Waals surface area (Å²) in [5, 5.41) is 0. The van der Waals surface area contributed by atoms with Gasteiger partial charge in [0.2, 0.25) is 5.91 Å². The molecule has 0 atom stereocenters. The van der Waals surface area contributed by atoms with Crippen LogP contribution in [-0.2, 0) is 17.6 Å². The molecule has 0 spiro atoms. The quantitative estimate of drug-likeness (QED) is 0.850. The molecule has 0 N–H and O–H groups in total. The van der Waals surface area contributed by atoms with Gasteiger partial charge in [0.1, 0.15) is 11.6 Å². The minimum absolute atomic E-state index is 0.104. The first-order chi connectivity index (χ1) is 10.5. The molecule has 0 saturated heterocycles. The topological polar surface area (TPSA) is 33.2 Å². The zero-order chi connectivity index (χ0) is 15.9. The van der Waals surface area contributed by atoms with Crippen molar-refractivity contribution >= 4 is 11.6 Å². The molecular weight excluding hydrogens is 286 g/mol. The summed E-state index contributed by atoms with van der Waals surface area (Å²) < 4.78 is 28.4. The van der Waals surface area contributed by atoms with E-state index in [9.17, 15) is 13.6 Å². The summed E-state index contributed by atoms with van der Waals surface area (Å²) in [7, 11) is 0. The van der Waals surface area contributed by atoms with Gasteiger partial charge >= 0.3 is 0 Å². The summed E-state index contributed by atoms with van der Waals surface area (Å²) in [6.45, 7) is 3.84. The molecule has 1 aliphatic rings. The molecule has 3 rings (SSSR count). The summed E-state index contributed by atoms with van der Waals surface area (Å²) in [5.74, 6) is -0.994. The van der Waals surface area contributed by atoms with Crippen LogP contribution in [0.1, 0.15) is 25.0 Å². The molecule has 3 nitrogen and oxygen atoms in total. The lowest BCUT2D eigenvalue weighted by molar-refractivity contribution is -0.116. The SMILES string of the molecule is CCc1c(F)cncc1-c1cc2c(cc1F)N(C(C)=O)CC2. The summed E-state index contributed by atoms with van der Waals surface area (Å²) in [5.41, 5.74) is 2.78. The number of hydrogen-bond donors (Lipinski definition) is 0. The lowest BCUT2D eigenvalue weighted by Gasteiger charge is -2.16. The molecule has 1 aromatic heterocycles. The number of aromatic nitrogens is 1. The molecule has 5 heteroatoms. The Hall–Kier alpha value is -2.30. The molecule has 1 amide bonds. The predicted molar refractivity (Wildman–Crippen MR) is 80.7 cm³/mol. The number of nitrogens with zero attached hydrogens (tertiary/aromatic N) is 2. The van der Waals surface area contributed by atoms with Crippen LogP contribution in [0.2, 0.25) is 0 Å². The van der Waals surface area contributed by atoms with Crippen molar-refractivity contribution in [3.8, 4) is 11.1 Å². The van der Waals surface area contributed by atoms with Crippen molar-refractivity contribution in [1.82, 2.24) is 4.98 Å². The second-order valence-corrected chi connectivity index (χ2v) is 5.38. The van der Waals surface area contributed by atoms with Crippen LogP contribution in [0, 0.1) is 11.6 Å². The zero-order valence-electron chi connectivity index (χ0n) is 12.5. The van der Waals surface area contributed by atoms with Gasteiger partial charge in [0, 0.05) is 36.5 Å². The third kappa shape index (κ3) is 2.26. The molecule has 1 aliphatic heterocycles. The summed E-state index contributed by atoms with van der Waals surface area (Å²) in [6.07, 6.45) is 3.77. The normalized spacial score (nSPS) is 13.4. The molecule has 0 aliphatic carbocycles. The van der Waals surface area contributed by atoms with Gasteiger partial charge in [-0.2, -0.15) is 0 Å². The number of amides is 1. The Morgan fingerprint density at radius 1 is 1.23 bits per heavy atom. The van der Waals surface area contributed by atoms with Crippen LogP contribution in [0.5, 0.6) is 0 Å². The van der Waals surface area contributed by atoms with Crippen LogP contribution in [0.4, 0.5) is 14.5 Å². The minimum Gasteiger partial charge on any atom is -0.312 e. The van der Waals surface area contributed by atoms with Gasteiger partial charge < -0.3 is 4.90 Å². The molecule has 0 fully saturated rings. The van der Waals surface area contributed by atoms with Crippen molar-refractivity contribution in [3.05, 3.63) is 47.3 Å². The lowest BCUT2D eigenvalue weighted by atomic mass is 9.97. The van der Waals surface area contributed by atoms with E-state index in [2.05, 4.69) is 4.98 Å². The van der Waals surface area contributed by atoms with E-state index in [1.54, 1.807) is 11.0 Å². The van der Waals surface area contributed by atoms with Crippen LogP contribution in [0.3, 0.4) is 0 Å². The number of rotatable bonds is 2. The Morgan fingerprint density at radius 3 is 2.68 bits per heavy atom. The van der Waals surface area contributed by atoms with Crippen LogP contribution >= 0.6 is 0 Å². The van der Waals surface area contributed by atoms with Crippen molar-refractivity contribution in [2.24, 2.45) is 0 Å². The number of carbonyl (C=O) groups excluding carboxylic acids is 1. The number of benzene rings is 1. The van der Waals surface area contributed by atoms with Gasteiger partial charge in [-0.15, -0.1) is 0 Å². The van der Waals surface area contributed by atoms with E-state index in [0.717, 1.165) is 11.8 Å². The third-order valence-corrected chi connectivity index (χ3v) is 4.09. The molecule has 2 heterocycles. The maximum atomic E-state index is 14.5. The van der Waals surface area contributed by atoms with E-state index in [0.29, 0.717) is 41.8 Å². The van der Waals surface area contributed by atoms with Gasteiger partial charge in [-0.25, -0.2) is 8.78 Å². The third-order valence-electron chi connectivity index (χ3n) is 4.09. The molecule has 1 aromatic carbocycles. The van der Waals surface area contributed by atoms with E-state index in [1.807, 2.05) is 6.92 Å². The summed E-state index contributed by atoms with van der Waals surface area (Å²) >= 11 is 0. The highest BCUT2D eigenvalue weighted by molar-refractivity contribution is 5.94. The maximum absolute atomic E-state index is 14.5. The number of anilines is 1. The van der Waals surface area contributed by atoms with Gasteiger partial charge in [-0.3, -0.25) is 9.78 Å².